The molecule has 0 spiro atoms. The van der Waals surface area contributed by atoms with Crippen LogP contribution in [0.3, 0.4) is 0 Å². The molecule has 5 heteroatoms. The molecule has 2 N–H and O–H groups in total. The van der Waals surface area contributed by atoms with Crippen molar-refractivity contribution in [1.29, 1.82) is 0 Å². The van der Waals surface area contributed by atoms with Gasteiger partial charge in [-0.05, 0) is 34.6 Å². The Morgan fingerprint density at radius 2 is 2.31 bits per heavy atom. The molecule has 0 saturated carbocycles. The lowest BCUT2D eigenvalue weighted by Gasteiger charge is -2.19. The molecule has 0 amide bonds. The molecule has 0 aromatic carbocycles. The van der Waals surface area contributed by atoms with Gasteiger partial charge >= 0.3 is 0 Å². The van der Waals surface area contributed by atoms with Crippen molar-refractivity contribution >= 4 is 33.1 Å². The van der Waals surface area contributed by atoms with Gasteiger partial charge in [0.25, 0.3) is 0 Å². The van der Waals surface area contributed by atoms with Crippen LogP contribution < -0.4 is 5.73 Å². The summed E-state index contributed by atoms with van der Waals surface area (Å²) in [6, 6.07) is 4.03. The van der Waals surface area contributed by atoms with Gasteiger partial charge < -0.3 is 5.73 Å². The van der Waals surface area contributed by atoms with Gasteiger partial charge in [0.1, 0.15) is 0 Å². The molecule has 1 rings (SSSR count). The van der Waals surface area contributed by atoms with E-state index in [-0.39, 0.29) is 0 Å². The monoisotopic (exact) mass is 301 g/mol. The lowest BCUT2D eigenvalue weighted by atomic mass is 10.3. The predicted octanol–water partition coefficient (Wildman–Crippen LogP) is 2.34. The van der Waals surface area contributed by atoms with Crippen LogP contribution in [0.15, 0.2) is 22.8 Å². The fourth-order valence-electron chi connectivity index (χ4n) is 1.35. The van der Waals surface area contributed by atoms with Crippen LogP contribution in [0, 0.1) is 0 Å². The molecule has 3 nitrogen and oxygen atoms in total. The van der Waals surface area contributed by atoms with Crippen molar-refractivity contribution in [3.63, 3.8) is 0 Å². The predicted molar refractivity (Wildman–Crippen MR) is 74.3 cm³/mol. The van der Waals surface area contributed by atoms with Gasteiger partial charge in [-0.25, -0.2) is 0 Å². The van der Waals surface area contributed by atoms with Gasteiger partial charge in [-0.15, -0.1) is 0 Å². The van der Waals surface area contributed by atoms with Crippen LogP contribution in [0.2, 0.25) is 0 Å². The van der Waals surface area contributed by atoms with E-state index in [0.29, 0.717) is 4.99 Å². The molecule has 0 aliphatic carbocycles. The summed E-state index contributed by atoms with van der Waals surface area (Å²) in [6.07, 6.45) is 2.58. The second-order valence-electron chi connectivity index (χ2n) is 3.55. The average molecular weight is 302 g/mol. The van der Waals surface area contributed by atoms with Crippen molar-refractivity contribution < 1.29 is 0 Å². The molecule has 1 aromatic rings. The van der Waals surface area contributed by atoms with E-state index in [2.05, 4.69) is 32.7 Å². The number of rotatable bonds is 6. The normalized spacial score (nSPS) is 10.7. The Kier molecular flexibility index (Phi) is 5.87. The van der Waals surface area contributed by atoms with Crippen LogP contribution in [-0.4, -0.2) is 28.0 Å². The summed E-state index contributed by atoms with van der Waals surface area (Å²) >= 11 is 8.24. The van der Waals surface area contributed by atoms with E-state index in [1.165, 1.54) is 0 Å². The molecule has 88 valence electrons. The summed E-state index contributed by atoms with van der Waals surface area (Å²) in [5.74, 6) is 0. The molecule has 0 aliphatic heterocycles. The quantitative estimate of drug-likeness (QED) is 0.819. The summed E-state index contributed by atoms with van der Waals surface area (Å²) in [5, 5.41) is 0. The van der Waals surface area contributed by atoms with E-state index < -0.39 is 0 Å². The van der Waals surface area contributed by atoms with Crippen LogP contribution in [0.1, 0.15) is 19.0 Å². The summed E-state index contributed by atoms with van der Waals surface area (Å²) in [5.41, 5.74) is 6.55. The zero-order valence-corrected chi connectivity index (χ0v) is 11.7. The van der Waals surface area contributed by atoms with Gasteiger partial charge in [-0.3, -0.25) is 9.88 Å². The summed E-state index contributed by atoms with van der Waals surface area (Å²) < 4.78 is 1.00. The highest BCUT2D eigenvalue weighted by atomic mass is 79.9. The lowest BCUT2D eigenvalue weighted by Crippen LogP contribution is -2.27. The topological polar surface area (TPSA) is 42.1 Å². The van der Waals surface area contributed by atoms with Crippen LogP contribution in [0.25, 0.3) is 0 Å². The van der Waals surface area contributed by atoms with Gasteiger partial charge in [0.2, 0.25) is 0 Å². The first-order valence-corrected chi connectivity index (χ1v) is 6.43. The van der Waals surface area contributed by atoms with Crippen LogP contribution in [0.4, 0.5) is 0 Å². The van der Waals surface area contributed by atoms with Crippen molar-refractivity contribution in [1.82, 2.24) is 9.88 Å². The fraction of sp³-hybridized carbons (Fsp3) is 0.455. The van der Waals surface area contributed by atoms with Crippen molar-refractivity contribution in [2.45, 2.75) is 19.9 Å². The summed E-state index contributed by atoms with van der Waals surface area (Å²) in [4.78, 5) is 7.19. The third-order valence-corrected chi connectivity index (χ3v) is 2.97. The maximum Gasteiger partial charge on any atom is 0.0740 e. The highest BCUT2D eigenvalue weighted by molar-refractivity contribution is 9.10. The molecule has 0 fully saturated rings. The van der Waals surface area contributed by atoms with Gasteiger partial charge in [0, 0.05) is 30.2 Å². The van der Waals surface area contributed by atoms with E-state index in [4.69, 9.17) is 18.0 Å². The first-order valence-electron chi connectivity index (χ1n) is 5.23. The third-order valence-electron chi connectivity index (χ3n) is 2.30. The Morgan fingerprint density at radius 3 is 2.81 bits per heavy atom. The number of hydrogen-bond acceptors (Lipinski definition) is 3. The second-order valence-corrected chi connectivity index (χ2v) is 4.99. The lowest BCUT2D eigenvalue weighted by molar-refractivity contribution is 0.285. The van der Waals surface area contributed by atoms with E-state index in [0.717, 1.165) is 36.2 Å². The average Bonchev–Trinajstić information content (AvgIpc) is 2.26. The largest absolute Gasteiger partial charge is 0.393 e. The van der Waals surface area contributed by atoms with Crippen molar-refractivity contribution in [3.8, 4) is 0 Å². The van der Waals surface area contributed by atoms with E-state index in [1.807, 2.05) is 18.3 Å². The minimum atomic E-state index is 0.571. The molecule has 0 bridgehead atoms. The number of halogens is 1. The van der Waals surface area contributed by atoms with Crippen LogP contribution in [-0.2, 0) is 6.54 Å². The number of hydrogen-bond donors (Lipinski definition) is 1. The second kappa shape index (κ2) is 6.93. The number of pyridine rings is 1. The van der Waals surface area contributed by atoms with E-state index >= 15 is 0 Å². The Labute approximate surface area is 110 Å². The molecule has 0 radical (unpaired) electrons. The number of nitrogens with two attached hydrogens (primary N) is 1. The zero-order valence-electron chi connectivity index (χ0n) is 9.32. The maximum atomic E-state index is 5.49. The number of thiocarbonyl (C=S) groups is 1. The molecule has 1 heterocycles. The smallest absolute Gasteiger partial charge is 0.0740 e. The van der Waals surface area contributed by atoms with Crippen molar-refractivity contribution in [2.75, 3.05) is 13.1 Å². The molecule has 16 heavy (non-hydrogen) atoms. The highest BCUT2D eigenvalue weighted by Crippen LogP contribution is 2.09. The Morgan fingerprint density at radius 1 is 1.56 bits per heavy atom. The van der Waals surface area contributed by atoms with Crippen molar-refractivity contribution in [3.05, 3.63) is 28.5 Å². The first-order chi connectivity index (χ1) is 7.61. The van der Waals surface area contributed by atoms with Crippen LogP contribution in [0.5, 0.6) is 0 Å². The Bertz CT molecular complexity index is 340. The minimum absolute atomic E-state index is 0.571. The third kappa shape index (κ3) is 5.01. The van der Waals surface area contributed by atoms with Gasteiger partial charge in [0.15, 0.2) is 0 Å². The Balaban J connectivity index is 2.49. The SMILES string of the molecule is CCN(CCC(N)=S)Cc1ccc(Br)cn1. The molecule has 0 aliphatic rings. The van der Waals surface area contributed by atoms with E-state index in [1.54, 1.807) is 0 Å². The Hall–Kier alpha value is -0.520. The molecule has 0 unspecified atom stereocenters. The highest BCUT2D eigenvalue weighted by Gasteiger charge is 2.05. The molecular weight excluding hydrogens is 286 g/mol. The minimum Gasteiger partial charge on any atom is -0.393 e. The fourth-order valence-corrected chi connectivity index (χ4v) is 1.67. The molecular formula is C11H16BrN3S. The number of aromatic nitrogens is 1. The zero-order chi connectivity index (χ0) is 12.0. The van der Waals surface area contributed by atoms with Gasteiger partial charge in [0.05, 0.1) is 10.7 Å². The van der Waals surface area contributed by atoms with Gasteiger partial charge in [-0.2, -0.15) is 0 Å². The molecule has 1 aromatic heterocycles. The number of nitrogens with zero attached hydrogens (tertiary/aromatic N) is 2. The molecule has 0 atom stereocenters. The van der Waals surface area contributed by atoms with Gasteiger partial charge in [-0.1, -0.05) is 19.1 Å². The van der Waals surface area contributed by atoms with Crippen LogP contribution >= 0.6 is 28.1 Å². The first kappa shape index (κ1) is 13.5. The maximum absolute atomic E-state index is 5.49. The summed E-state index contributed by atoms with van der Waals surface area (Å²) in [7, 11) is 0. The van der Waals surface area contributed by atoms with Crippen molar-refractivity contribution in [2.24, 2.45) is 5.73 Å². The molecule has 0 saturated heterocycles. The standard InChI is InChI=1S/C11H16BrN3S/c1-2-15(6-5-11(13)16)8-10-4-3-9(12)7-14-10/h3-4,7H,2,5-6,8H2,1H3,(H2,13,16). The summed E-state index contributed by atoms with van der Waals surface area (Å²) in [6.45, 7) is 4.83. The van der Waals surface area contributed by atoms with E-state index in [9.17, 15) is 0 Å².